The van der Waals surface area contributed by atoms with Gasteiger partial charge in [-0.2, -0.15) is 0 Å². The molecule has 0 fully saturated rings. The summed E-state index contributed by atoms with van der Waals surface area (Å²) in [7, 11) is 0. The van der Waals surface area contributed by atoms with Gasteiger partial charge >= 0.3 is 13.1 Å². The van der Waals surface area contributed by atoms with Crippen molar-refractivity contribution in [1.29, 1.82) is 0 Å². The van der Waals surface area contributed by atoms with Crippen LogP contribution in [0.15, 0.2) is 12.1 Å². The summed E-state index contributed by atoms with van der Waals surface area (Å²) in [5.74, 6) is 2.11. The van der Waals surface area contributed by atoms with E-state index in [1.54, 1.807) is 20.8 Å². The molecule has 18 heavy (non-hydrogen) atoms. The minimum atomic E-state index is -5.19. The minimum Gasteiger partial charge on any atom is -0.445 e. The number of carbonyl (C=O) groups excluding carboxylic acids is 1. The lowest BCUT2D eigenvalue weighted by Crippen LogP contribution is -2.40. The van der Waals surface area contributed by atoms with Crippen molar-refractivity contribution in [1.82, 2.24) is 4.90 Å². The lowest BCUT2D eigenvalue weighted by Gasteiger charge is -2.29. The van der Waals surface area contributed by atoms with Gasteiger partial charge in [0.15, 0.2) is 0 Å². The molecule has 0 atom stereocenters. The van der Waals surface area contributed by atoms with Crippen molar-refractivity contribution in [3.8, 4) is 12.3 Å². The molecule has 0 saturated carbocycles. The Balaban J connectivity index is 4.74. The van der Waals surface area contributed by atoms with Gasteiger partial charge in [-0.25, -0.2) is 4.79 Å². The van der Waals surface area contributed by atoms with Gasteiger partial charge in [0.25, 0.3) is 0 Å². The zero-order valence-electron chi connectivity index (χ0n) is 10.7. The maximum absolute atomic E-state index is 12.4. The smallest absolute Gasteiger partial charge is 0.445 e. The summed E-state index contributed by atoms with van der Waals surface area (Å²) in [4.78, 5) is 12.4. The first-order valence-corrected chi connectivity index (χ1v) is 5.26. The Morgan fingerprint density at radius 1 is 1.44 bits per heavy atom. The van der Waals surface area contributed by atoms with E-state index in [0.29, 0.717) is 0 Å². The number of ether oxygens (including phenoxy) is 1. The van der Waals surface area contributed by atoms with Crippen LogP contribution >= 0.6 is 0 Å². The number of rotatable bonds is 4. The fourth-order valence-electron chi connectivity index (χ4n) is 0.970. The molecule has 0 rings (SSSR count). The van der Waals surface area contributed by atoms with Gasteiger partial charge in [0, 0.05) is 6.54 Å². The van der Waals surface area contributed by atoms with Crippen LogP contribution in [0.1, 0.15) is 20.8 Å². The highest BCUT2D eigenvalue weighted by Crippen LogP contribution is 2.20. The Labute approximate surface area is 105 Å². The van der Waals surface area contributed by atoms with Gasteiger partial charge in [0.2, 0.25) is 0 Å². The molecular formula is C11H16BF3NO2-. The molecule has 0 aromatic rings. The number of amides is 1. The van der Waals surface area contributed by atoms with E-state index in [2.05, 4.69) is 12.5 Å². The molecule has 3 nitrogen and oxygen atoms in total. The summed E-state index contributed by atoms with van der Waals surface area (Å²) in [6, 6.07) is 0. The molecule has 0 unspecified atom stereocenters. The van der Waals surface area contributed by atoms with Crippen LogP contribution in [0.2, 0.25) is 0 Å². The van der Waals surface area contributed by atoms with Crippen molar-refractivity contribution in [2.24, 2.45) is 0 Å². The Morgan fingerprint density at radius 3 is 2.28 bits per heavy atom. The molecule has 1 amide bonds. The van der Waals surface area contributed by atoms with Gasteiger partial charge < -0.3 is 17.7 Å². The van der Waals surface area contributed by atoms with Crippen molar-refractivity contribution in [3.63, 3.8) is 0 Å². The molecule has 102 valence electrons. The van der Waals surface area contributed by atoms with E-state index in [0.717, 1.165) is 4.90 Å². The highest BCUT2D eigenvalue weighted by atomic mass is 19.4. The van der Waals surface area contributed by atoms with Gasteiger partial charge in [-0.15, -0.1) is 18.5 Å². The number of terminal acetylenes is 1. The van der Waals surface area contributed by atoms with Crippen LogP contribution in [0.5, 0.6) is 0 Å². The summed E-state index contributed by atoms with van der Waals surface area (Å²) in [6.45, 7) is 1.61. The maximum Gasteiger partial charge on any atom is 0.506 e. The van der Waals surface area contributed by atoms with Crippen LogP contribution in [0.3, 0.4) is 0 Å². The lowest BCUT2D eigenvalue weighted by atomic mass is 9.80. The number of hydrogen-bond donors (Lipinski definition) is 0. The first-order valence-electron chi connectivity index (χ1n) is 5.26. The topological polar surface area (TPSA) is 29.5 Å². The summed E-state index contributed by atoms with van der Waals surface area (Å²) in [5.41, 5.74) is -1.79. The van der Waals surface area contributed by atoms with Crippen LogP contribution in [-0.4, -0.2) is 36.7 Å². The molecule has 0 aromatic carbocycles. The standard InChI is InChI=1S/C11H16BF3NO2/c1-6-7-16(8-9(2)12(13,14)15)10(17)18-11(3,4)5/h1H,2,7-8H2,3-5H3/q-1. The summed E-state index contributed by atoms with van der Waals surface area (Å²) in [5, 5.41) is 0. The number of halogens is 3. The van der Waals surface area contributed by atoms with Crippen LogP contribution in [0.4, 0.5) is 17.7 Å². The molecule has 0 N–H and O–H groups in total. The van der Waals surface area contributed by atoms with Gasteiger partial charge in [-0.3, -0.25) is 4.90 Å². The molecular weight excluding hydrogens is 246 g/mol. The second kappa shape index (κ2) is 5.85. The Kier molecular flexibility index (Phi) is 5.34. The SMILES string of the molecule is C#CCN(CC(=C)[B-](F)(F)F)C(=O)OC(C)(C)C. The minimum absolute atomic E-state index is 0.264. The van der Waals surface area contributed by atoms with Crippen molar-refractivity contribution < 1.29 is 22.5 Å². The second-order valence-electron chi connectivity index (χ2n) is 4.77. The molecule has 0 aliphatic heterocycles. The van der Waals surface area contributed by atoms with Gasteiger partial charge in [-0.1, -0.05) is 5.92 Å². The fourth-order valence-corrected chi connectivity index (χ4v) is 0.970. The van der Waals surface area contributed by atoms with Crippen LogP contribution in [-0.2, 0) is 4.74 Å². The van der Waals surface area contributed by atoms with Crippen LogP contribution in [0, 0.1) is 12.3 Å². The van der Waals surface area contributed by atoms with Crippen molar-refractivity contribution in [3.05, 3.63) is 12.1 Å². The molecule has 0 radical (unpaired) electrons. The molecule has 0 heterocycles. The summed E-state index contributed by atoms with van der Waals surface area (Å²) < 4.78 is 42.1. The second-order valence-corrected chi connectivity index (χ2v) is 4.77. The average molecular weight is 262 g/mol. The Morgan fingerprint density at radius 2 is 1.94 bits per heavy atom. The highest BCUT2D eigenvalue weighted by molar-refractivity contribution is 6.66. The summed E-state index contributed by atoms with van der Waals surface area (Å²) >= 11 is 0. The first kappa shape index (κ1) is 16.4. The monoisotopic (exact) mass is 262 g/mol. The maximum atomic E-state index is 12.4. The van der Waals surface area contributed by atoms with Gasteiger partial charge in [0.05, 0.1) is 6.54 Å². The van der Waals surface area contributed by atoms with Crippen molar-refractivity contribution in [2.45, 2.75) is 26.4 Å². The third-order valence-electron chi connectivity index (χ3n) is 1.79. The largest absolute Gasteiger partial charge is 0.506 e. The van der Waals surface area contributed by atoms with E-state index in [9.17, 15) is 17.7 Å². The van der Waals surface area contributed by atoms with E-state index in [4.69, 9.17) is 11.2 Å². The normalized spacial score (nSPS) is 11.6. The van der Waals surface area contributed by atoms with E-state index >= 15 is 0 Å². The Hall–Kier alpha value is -1.58. The molecule has 0 bridgehead atoms. The predicted molar refractivity (Wildman–Crippen MR) is 64.9 cm³/mol. The predicted octanol–water partition coefficient (Wildman–Crippen LogP) is 2.80. The van der Waals surface area contributed by atoms with Crippen molar-refractivity contribution in [2.75, 3.05) is 13.1 Å². The third-order valence-corrected chi connectivity index (χ3v) is 1.79. The van der Waals surface area contributed by atoms with Crippen LogP contribution < -0.4 is 0 Å². The molecule has 7 heteroatoms. The molecule has 0 aromatic heterocycles. The molecule has 0 aliphatic carbocycles. The zero-order chi connectivity index (χ0) is 14.6. The average Bonchev–Trinajstić information content (AvgIpc) is 2.12. The van der Waals surface area contributed by atoms with E-state index in [1.165, 1.54) is 0 Å². The summed E-state index contributed by atoms with van der Waals surface area (Å²) in [6.07, 6.45) is 4.12. The molecule has 0 aliphatic rings. The molecule has 0 spiro atoms. The molecule has 0 saturated heterocycles. The quantitative estimate of drug-likeness (QED) is 0.576. The van der Waals surface area contributed by atoms with E-state index < -0.39 is 30.7 Å². The first-order chi connectivity index (χ1) is 7.97. The van der Waals surface area contributed by atoms with E-state index in [1.807, 2.05) is 0 Å². The van der Waals surface area contributed by atoms with Crippen molar-refractivity contribution >= 4 is 13.1 Å². The number of nitrogens with zero attached hydrogens (tertiary/aromatic N) is 1. The highest BCUT2D eigenvalue weighted by Gasteiger charge is 2.30. The zero-order valence-corrected chi connectivity index (χ0v) is 10.7. The van der Waals surface area contributed by atoms with Gasteiger partial charge in [-0.05, 0) is 20.8 Å². The van der Waals surface area contributed by atoms with Gasteiger partial charge in [0.1, 0.15) is 5.60 Å². The number of carbonyl (C=O) groups is 1. The lowest BCUT2D eigenvalue weighted by molar-refractivity contribution is 0.0293. The Bertz CT molecular complexity index is 366. The fraction of sp³-hybridized carbons (Fsp3) is 0.545. The van der Waals surface area contributed by atoms with E-state index in [-0.39, 0.29) is 6.54 Å². The third kappa shape index (κ3) is 6.23. The number of hydrogen-bond acceptors (Lipinski definition) is 2. The van der Waals surface area contributed by atoms with Crippen LogP contribution in [0.25, 0.3) is 0 Å².